The van der Waals surface area contributed by atoms with Crippen LogP contribution in [0.25, 0.3) is 0 Å². The summed E-state index contributed by atoms with van der Waals surface area (Å²) in [6, 6.07) is 1.98. The van der Waals surface area contributed by atoms with Crippen LogP contribution < -0.4 is 0 Å². The molecule has 0 spiro atoms. The van der Waals surface area contributed by atoms with Crippen molar-refractivity contribution in [3.8, 4) is 11.8 Å². The lowest BCUT2D eigenvalue weighted by Crippen LogP contribution is -2.08. The Morgan fingerprint density at radius 1 is 1.44 bits per heavy atom. The van der Waals surface area contributed by atoms with Crippen LogP contribution in [0, 0.1) is 11.8 Å². The summed E-state index contributed by atoms with van der Waals surface area (Å²) in [5.41, 5.74) is -1.02. The van der Waals surface area contributed by atoms with Crippen molar-refractivity contribution in [2.45, 2.75) is 12.6 Å². The van der Waals surface area contributed by atoms with Crippen LogP contribution in [-0.2, 0) is 11.0 Å². The second-order valence-electron chi connectivity index (χ2n) is 2.73. The van der Waals surface area contributed by atoms with Gasteiger partial charge in [-0.15, -0.1) is 0 Å². The van der Waals surface area contributed by atoms with Crippen LogP contribution in [0.1, 0.15) is 17.7 Å². The maximum absolute atomic E-state index is 12.3. The van der Waals surface area contributed by atoms with E-state index >= 15 is 0 Å². The molecule has 1 rings (SSSR count). The van der Waals surface area contributed by atoms with Crippen LogP contribution >= 0.6 is 11.6 Å². The fourth-order valence-corrected chi connectivity index (χ4v) is 1.12. The van der Waals surface area contributed by atoms with E-state index in [0.29, 0.717) is 6.29 Å². The molecule has 1 aromatic heterocycles. The molecule has 16 heavy (non-hydrogen) atoms. The van der Waals surface area contributed by atoms with E-state index in [0.717, 1.165) is 6.07 Å². The summed E-state index contributed by atoms with van der Waals surface area (Å²) in [5.74, 6) is 4.78. The first kappa shape index (κ1) is 12.5. The van der Waals surface area contributed by atoms with Gasteiger partial charge in [-0.2, -0.15) is 13.2 Å². The highest BCUT2D eigenvalue weighted by Gasteiger charge is 2.33. The lowest BCUT2D eigenvalue weighted by atomic mass is 10.2. The van der Waals surface area contributed by atoms with Crippen LogP contribution in [0.2, 0.25) is 5.15 Å². The normalized spacial score (nSPS) is 10.5. The molecule has 0 bridgehead atoms. The zero-order valence-electron chi connectivity index (χ0n) is 7.81. The number of aldehydes is 1. The lowest BCUT2D eigenvalue weighted by molar-refractivity contribution is -0.141. The summed E-state index contributed by atoms with van der Waals surface area (Å²) in [5, 5.41) is -0.287. The van der Waals surface area contributed by atoms with Gasteiger partial charge in [-0.25, -0.2) is 4.98 Å². The highest BCUT2D eigenvalue weighted by atomic mass is 35.5. The number of nitrogens with zero attached hydrogens (tertiary/aromatic N) is 1. The van der Waals surface area contributed by atoms with E-state index in [2.05, 4.69) is 16.8 Å². The molecule has 0 saturated heterocycles. The molecule has 1 heterocycles. The van der Waals surface area contributed by atoms with Gasteiger partial charge in [0.1, 0.15) is 17.1 Å². The number of carbonyl (C=O) groups is 1. The molecule has 6 heteroatoms. The first-order valence-electron chi connectivity index (χ1n) is 4.11. The molecule has 0 N–H and O–H groups in total. The molecule has 0 aliphatic carbocycles. The van der Waals surface area contributed by atoms with Crippen LogP contribution in [0.15, 0.2) is 12.1 Å². The maximum atomic E-state index is 12.3. The number of carbonyl (C=O) groups excluding carboxylic acids is 1. The molecule has 84 valence electrons. The average molecular weight is 248 g/mol. The predicted molar refractivity (Wildman–Crippen MR) is 51.8 cm³/mol. The van der Waals surface area contributed by atoms with Gasteiger partial charge >= 0.3 is 6.18 Å². The van der Waals surface area contributed by atoms with Gasteiger partial charge in [0.05, 0.1) is 6.42 Å². The number of aromatic nitrogens is 1. The van der Waals surface area contributed by atoms with Gasteiger partial charge in [-0.1, -0.05) is 23.4 Å². The second kappa shape index (κ2) is 4.99. The van der Waals surface area contributed by atoms with E-state index in [1.807, 2.05) is 0 Å². The number of alkyl halides is 3. The van der Waals surface area contributed by atoms with Crippen molar-refractivity contribution in [2.75, 3.05) is 0 Å². The molecule has 0 radical (unpaired) electrons. The molecule has 1 aromatic rings. The molecule has 0 fully saturated rings. The zero-order chi connectivity index (χ0) is 12.2. The van der Waals surface area contributed by atoms with Gasteiger partial charge in [0, 0.05) is 5.56 Å². The van der Waals surface area contributed by atoms with Crippen molar-refractivity contribution in [3.63, 3.8) is 0 Å². The fourth-order valence-electron chi connectivity index (χ4n) is 0.909. The third-order valence-corrected chi connectivity index (χ3v) is 1.70. The Morgan fingerprint density at radius 3 is 2.69 bits per heavy atom. The number of hydrogen-bond acceptors (Lipinski definition) is 2. The summed E-state index contributed by atoms with van der Waals surface area (Å²) in [7, 11) is 0. The van der Waals surface area contributed by atoms with Gasteiger partial charge in [0.2, 0.25) is 0 Å². The Kier molecular flexibility index (Phi) is 3.91. The third kappa shape index (κ3) is 3.55. The summed E-state index contributed by atoms with van der Waals surface area (Å²) in [6.45, 7) is 0. The Hall–Kier alpha value is -1.54. The van der Waals surface area contributed by atoms with Crippen molar-refractivity contribution in [2.24, 2.45) is 0 Å². The first-order chi connectivity index (χ1) is 7.43. The van der Waals surface area contributed by atoms with Crippen LogP contribution in [0.4, 0.5) is 13.2 Å². The molecule has 0 aliphatic heterocycles. The van der Waals surface area contributed by atoms with E-state index in [-0.39, 0.29) is 17.1 Å². The van der Waals surface area contributed by atoms with Crippen molar-refractivity contribution in [3.05, 3.63) is 28.5 Å². The molecule has 0 unspecified atom stereocenters. The Balaban J connectivity index is 3.10. The second-order valence-corrected chi connectivity index (χ2v) is 3.12. The molecule has 0 saturated carbocycles. The van der Waals surface area contributed by atoms with E-state index in [1.165, 1.54) is 6.07 Å². The van der Waals surface area contributed by atoms with E-state index in [9.17, 15) is 18.0 Å². The van der Waals surface area contributed by atoms with Gasteiger partial charge in [-0.05, 0) is 12.1 Å². The topological polar surface area (TPSA) is 30.0 Å². The van der Waals surface area contributed by atoms with Crippen molar-refractivity contribution < 1.29 is 18.0 Å². The molecular weight excluding hydrogens is 243 g/mol. The quantitative estimate of drug-likeness (QED) is 0.434. The molecular formula is C10H5ClF3NO. The fraction of sp³-hybridized carbons (Fsp3) is 0.200. The predicted octanol–water partition coefficient (Wildman–Crippen LogP) is 2.69. The van der Waals surface area contributed by atoms with Gasteiger partial charge in [0.15, 0.2) is 0 Å². The van der Waals surface area contributed by atoms with Gasteiger partial charge in [0.25, 0.3) is 0 Å². The van der Waals surface area contributed by atoms with Crippen molar-refractivity contribution >= 4 is 17.9 Å². The minimum atomic E-state index is -4.56. The number of hydrogen-bond donors (Lipinski definition) is 0. The molecule has 0 amide bonds. The van der Waals surface area contributed by atoms with Crippen LogP contribution in [0.5, 0.6) is 0 Å². The molecule has 2 nitrogen and oxygen atoms in total. The van der Waals surface area contributed by atoms with Gasteiger partial charge in [-0.3, -0.25) is 0 Å². The summed E-state index contributed by atoms with van der Waals surface area (Å²) in [4.78, 5) is 13.1. The molecule has 0 aliphatic rings. The largest absolute Gasteiger partial charge is 0.433 e. The van der Waals surface area contributed by atoms with E-state index in [4.69, 9.17) is 11.6 Å². The maximum Gasteiger partial charge on any atom is 0.433 e. The third-order valence-electron chi connectivity index (χ3n) is 1.50. The smallest absolute Gasteiger partial charge is 0.302 e. The van der Waals surface area contributed by atoms with Crippen molar-refractivity contribution in [1.29, 1.82) is 0 Å². The zero-order valence-corrected chi connectivity index (χ0v) is 8.56. The first-order valence-corrected chi connectivity index (χ1v) is 4.48. The van der Waals surface area contributed by atoms with E-state index in [1.54, 1.807) is 0 Å². The summed E-state index contributed by atoms with van der Waals surface area (Å²) < 4.78 is 36.9. The molecule has 0 atom stereocenters. The SMILES string of the molecule is O=CCC#Cc1cc(Cl)nc(C(F)(F)F)c1. The Labute approximate surface area is 94.4 Å². The lowest BCUT2D eigenvalue weighted by Gasteiger charge is -2.05. The van der Waals surface area contributed by atoms with Crippen LogP contribution in [0.3, 0.4) is 0 Å². The monoisotopic (exact) mass is 247 g/mol. The van der Waals surface area contributed by atoms with Crippen LogP contribution in [-0.4, -0.2) is 11.3 Å². The number of pyridine rings is 1. The number of rotatable bonds is 1. The highest BCUT2D eigenvalue weighted by Crippen LogP contribution is 2.29. The van der Waals surface area contributed by atoms with Gasteiger partial charge < -0.3 is 4.79 Å². The van der Waals surface area contributed by atoms with E-state index < -0.39 is 11.9 Å². The minimum absolute atomic E-state index is 0.0404. The average Bonchev–Trinajstić information content (AvgIpc) is 2.16. The highest BCUT2D eigenvalue weighted by molar-refractivity contribution is 6.29. The molecule has 0 aromatic carbocycles. The Morgan fingerprint density at radius 2 is 2.12 bits per heavy atom. The Bertz CT molecular complexity index is 459. The minimum Gasteiger partial charge on any atom is -0.302 e. The summed E-state index contributed by atoms with van der Waals surface area (Å²) in [6.07, 6.45) is -4.05. The number of halogens is 4. The summed E-state index contributed by atoms with van der Waals surface area (Å²) >= 11 is 5.42. The standard InChI is InChI=1S/C10H5ClF3NO/c11-9-6-7(3-1-2-4-16)5-8(15-9)10(12,13)14/h4-6H,2H2. The van der Waals surface area contributed by atoms with Crippen molar-refractivity contribution in [1.82, 2.24) is 4.98 Å².